The molecule has 7 nitrogen and oxygen atoms in total. The number of nitrogens with two attached hydrogens (primary N) is 1. The van der Waals surface area contributed by atoms with E-state index in [1.807, 2.05) is 5.32 Å². The Morgan fingerprint density at radius 1 is 1.24 bits per heavy atom. The van der Waals surface area contributed by atoms with E-state index < -0.39 is 54.1 Å². The van der Waals surface area contributed by atoms with Gasteiger partial charge in [-0.25, -0.2) is 22.1 Å². The van der Waals surface area contributed by atoms with Gasteiger partial charge in [-0.05, 0) is 47.8 Å². The van der Waals surface area contributed by atoms with Gasteiger partial charge in [0, 0.05) is 15.9 Å². The van der Waals surface area contributed by atoms with Crippen molar-refractivity contribution in [3.05, 3.63) is 83.1 Å². The van der Waals surface area contributed by atoms with E-state index in [1.165, 1.54) is 22.8 Å². The summed E-state index contributed by atoms with van der Waals surface area (Å²) < 4.78 is 82.3. The van der Waals surface area contributed by atoms with E-state index in [4.69, 9.17) is 9.85 Å². The number of aromatic nitrogens is 3. The van der Waals surface area contributed by atoms with E-state index in [9.17, 15) is 23.1 Å². The Labute approximate surface area is 195 Å². The number of hydrogen-bond acceptors (Lipinski definition) is 5. The number of rotatable bonds is 6. The topological polar surface area (TPSA) is 106 Å². The SMILES string of the molecule is [2H]C([2H])([2H])c1ccc(-c2ccn3nc(N)nc3c2)c(F)c1C(=O)NCC(F)(F)C(O)c1ccc(F)cc1. The molecule has 0 radical (unpaired) electrons. The fourth-order valence-electron chi connectivity index (χ4n) is 3.36. The average Bonchev–Trinajstić information content (AvgIpc) is 3.21. The molecule has 0 aliphatic rings. The molecule has 1 amide bonds. The standard InChI is InChI=1S/C23H19F4N5O2/c1-12-2-7-16(14-8-9-32-17(10-14)30-22(28)31-32)19(25)18(12)21(34)29-11-23(26,27)20(33)13-3-5-15(24)6-4-13/h2-10,20,33H,11H2,1H3,(H2,28,31)(H,29,34)/i1D3. The smallest absolute Gasteiger partial charge is 0.294 e. The quantitative estimate of drug-likeness (QED) is 0.369. The van der Waals surface area contributed by atoms with Crippen LogP contribution in [0.4, 0.5) is 23.5 Å². The molecule has 0 spiro atoms. The minimum atomic E-state index is -3.96. The Morgan fingerprint density at radius 3 is 2.68 bits per heavy atom. The van der Waals surface area contributed by atoms with E-state index in [-0.39, 0.29) is 28.3 Å². The molecule has 0 fully saturated rings. The summed E-state index contributed by atoms with van der Waals surface area (Å²) in [6.07, 6.45) is -1.00. The summed E-state index contributed by atoms with van der Waals surface area (Å²) in [7, 11) is 0. The summed E-state index contributed by atoms with van der Waals surface area (Å²) in [5, 5.41) is 15.7. The molecule has 0 bridgehead atoms. The molecule has 2 heterocycles. The molecule has 0 saturated carbocycles. The fraction of sp³-hybridized carbons (Fsp3) is 0.174. The molecule has 0 saturated heterocycles. The minimum absolute atomic E-state index is 0.0424. The molecule has 2 aromatic heterocycles. The Balaban J connectivity index is 1.67. The van der Waals surface area contributed by atoms with Crippen LogP contribution in [0.5, 0.6) is 0 Å². The van der Waals surface area contributed by atoms with Crippen LogP contribution in [0.25, 0.3) is 16.8 Å². The second-order valence-corrected chi connectivity index (χ2v) is 7.44. The van der Waals surface area contributed by atoms with E-state index in [0.29, 0.717) is 0 Å². The maximum Gasteiger partial charge on any atom is 0.294 e. The average molecular weight is 476 g/mol. The second kappa shape index (κ2) is 8.75. The number of amides is 1. The lowest BCUT2D eigenvalue weighted by Crippen LogP contribution is -2.41. The first kappa shape index (κ1) is 19.5. The molecule has 34 heavy (non-hydrogen) atoms. The van der Waals surface area contributed by atoms with E-state index in [1.54, 1.807) is 0 Å². The van der Waals surface area contributed by atoms with Gasteiger partial charge in [-0.3, -0.25) is 4.79 Å². The van der Waals surface area contributed by atoms with Gasteiger partial charge in [0.05, 0.1) is 12.1 Å². The van der Waals surface area contributed by atoms with Crippen molar-refractivity contribution in [1.29, 1.82) is 0 Å². The van der Waals surface area contributed by atoms with Crippen molar-refractivity contribution in [1.82, 2.24) is 19.9 Å². The third kappa shape index (κ3) is 4.42. The highest BCUT2D eigenvalue weighted by atomic mass is 19.3. The molecule has 0 aliphatic carbocycles. The maximum atomic E-state index is 15.6. The Hall–Kier alpha value is -3.99. The number of fused-ring (bicyclic) bond motifs is 1. The Kier molecular flexibility index (Phi) is 5.01. The van der Waals surface area contributed by atoms with E-state index in [0.717, 1.165) is 36.4 Å². The lowest BCUT2D eigenvalue weighted by atomic mass is 9.98. The summed E-state index contributed by atoms with van der Waals surface area (Å²) in [5.41, 5.74) is 3.83. The molecular weight excluding hydrogens is 454 g/mol. The van der Waals surface area contributed by atoms with Crippen LogP contribution in [0, 0.1) is 18.5 Å². The van der Waals surface area contributed by atoms with Crippen LogP contribution in [-0.2, 0) is 0 Å². The number of aliphatic hydroxyl groups excluding tert-OH is 1. The van der Waals surface area contributed by atoms with Gasteiger partial charge in [0.25, 0.3) is 11.8 Å². The lowest BCUT2D eigenvalue weighted by molar-refractivity contribution is -0.106. The molecule has 0 aliphatic heterocycles. The van der Waals surface area contributed by atoms with Gasteiger partial charge in [0.15, 0.2) is 5.65 Å². The highest BCUT2D eigenvalue weighted by Gasteiger charge is 2.40. The molecule has 1 atom stereocenters. The number of alkyl halides is 2. The molecule has 4 N–H and O–H groups in total. The normalized spacial score (nSPS) is 14.3. The maximum absolute atomic E-state index is 15.6. The van der Waals surface area contributed by atoms with Gasteiger partial charge in [-0.2, -0.15) is 4.98 Å². The van der Waals surface area contributed by atoms with Crippen molar-refractivity contribution >= 4 is 17.5 Å². The molecule has 4 aromatic rings. The largest absolute Gasteiger partial charge is 0.382 e. The third-order valence-corrected chi connectivity index (χ3v) is 5.10. The van der Waals surface area contributed by atoms with E-state index >= 15 is 4.39 Å². The molecule has 11 heteroatoms. The van der Waals surface area contributed by atoms with Crippen LogP contribution in [0.1, 0.15) is 31.7 Å². The number of anilines is 1. The number of aryl methyl sites for hydroxylation is 1. The van der Waals surface area contributed by atoms with Crippen LogP contribution in [0.3, 0.4) is 0 Å². The number of carbonyl (C=O) groups excluding carboxylic acids is 1. The molecular formula is C23H19F4N5O2. The summed E-state index contributed by atoms with van der Waals surface area (Å²) in [5.74, 6) is -7.39. The predicted molar refractivity (Wildman–Crippen MR) is 116 cm³/mol. The number of benzene rings is 2. The van der Waals surface area contributed by atoms with Crippen LogP contribution >= 0.6 is 0 Å². The molecule has 4 rings (SSSR count). The summed E-state index contributed by atoms with van der Waals surface area (Å²) in [4.78, 5) is 16.8. The van der Waals surface area contributed by atoms with Crippen molar-refractivity contribution in [2.24, 2.45) is 0 Å². The van der Waals surface area contributed by atoms with Crippen molar-refractivity contribution in [2.75, 3.05) is 12.3 Å². The van der Waals surface area contributed by atoms with E-state index in [2.05, 4.69) is 10.1 Å². The fourth-order valence-corrected chi connectivity index (χ4v) is 3.36. The minimum Gasteiger partial charge on any atom is -0.382 e. The van der Waals surface area contributed by atoms with Gasteiger partial charge in [0.2, 0.25) is 5.95 Å². The molecule has 1 unspecified atom stereocenters. The number of pyridine rings is 1. The highest BCUT2D eigenvalue weighted by Crippen LogP contribution is 2.32. The van der Waals surface area contributed by atoms with Crippen LogP contribution < -0.4 is 11.1 Å². The van der Waals surface area contributed by atoms with Crippen molar-refractivity contribution in [3.63, 3.8) is 0 Å². The number of halogens is 4. The predicted octanol–water partition coefficient (Wildman–Crippen LogP) is 3.66. The number of nitrogens with zero attached hydrogens (tertiary/aromatic N) is 3. The molecule has 176 valence electrons. The first-order valence-electron chi connectivity index (χ1n) is 11.3. The number of carbonyl (C=O) groups is 1. The van der Waals surface area contributed by atoms with Crippen molar-refractivity contribution < 1.29 is 31.6 Å². The first-order chi connectivity index (χ1) is 17.3. The Morgan fingerprint density at radius 2 is 1.97 bits per heavy atom. The number of aliphatic hydroxyl groups is 1. The van der Waals surface area contributed by atoms with Gasteiger partial charge in [-0.15, -0.1) is 5.10 Å². The summed E-state index contributed by atoms with van der Waals surface area (Å²) in [6.45, 7) is -4.41. The van der Waals surface area contributed by atoms with Crippen LogP contribution in [-0.4, -0.2) is 38.1 Å². The first-order valence-corrected chi connectivity index (χ1v) is 9.83. The third-order valence-electron chi connectivity index (χ3n) is 5.10. The van der Waals surface area contributed by atoms with Crippen LogP contribution in [0.2, 0.25) is 0 Å². The van der Waals surface area contributed by atoms with Gasteiger partial charge in [-0.1, -0.05) is 24.3 Å². The lowest BCUT2D eigenvalue weighted by Gasteiger charge is -2.23. The van der Waals surface area contributed by atoms with Crippen molar-refractivity contribution in [2.45, 2.75) is 18.9 Å². The van der Waals surface area contributed by atoms with Gasteiger partial charge < -0.3 is 16.2 Å². The summed E-state index contributed by atoms with van der Waals surface area (Å²) in [6, 6.07) is 8.62. The number of hydrogen-bond donors (Lipinski definition) is 3. The highest BCUT2D eigenvalue weighted by molar-refractivity contribution is 5.97. The molecule has 2 aromatic carbocycles. The zero-order valence-corrected chi connectivity index (χ0v) is 17.3. The summed E-state index contributed by atoms with van der Waals surface area (Å²) >= 11 is 0. The van der Waals surface area contributed by atoms with Crippen molar-refractivity contribution in [3.8, 4) is 11.1 Å². The zero-order chi connectivity index (χ0) is 27.1. The Bertz CT molecular complexity index is 1480. The monoisotopic (exact) mass is 476 g/mol. The number of nitrogens with one attached hydrogen (secondary N) is 1. The zero-order valence-electron chi connectivity index (χ0n) is 20.3. The van der Waals surface area contributed by atoms with Gasteiger partial charge >= 0.3 is 0 Å². The number of nitrogen functional groups attached to an aromatic ring is 1. The van der Waals surface area contributed by atoms with Gasteiger partial charge in [0.1, 0.15) is 17.7 Å². The van der Waals surface area contributed by atoms with Crippen LogP contribution in [0.15, 0.2) is 54.7 Å². The second-order valence-electron chi connectivity index (χ2n) is 7.44.